The highest BCUT2D eigenvalue weighted by atomic mass is 14.9. The lowest BCUT2D eigenvalue weighted by Gasteiger charge is -2.11. The monoisotopic (exact) mass is 304 g/mol. The van der Waals surface area contributed by atoms with Crippen LogP contribution >= 0.6 is 0 Å². The van der Waals surface area contributed by atoms with Crippen LogP contribution in [0.3, 0.4) is 0 Å². The van der Waals surface area contributed by atoms with Gasteiger partial charge in [-0.3, -0.25) is 0 Å². The minimum Gasteiger partial charge on any atom is -0.200 e. The summed E-state index contributed by atoms with van der Waals surface area (Å²) in [5, 5.41) is 2.62. The standard InChI is InChI=1S/C22H26N/c1-14(2)18-7-8-19-12-22(23(6)13-20(19)11-18)21-10-15(3)9-16(4)17(21)5/h7-14H,1-6H3/q+1. The van der Waals surface area contributed by atoms with Gasteiger partial charge in [-0.2, -0.15) is 0 Å². The third-order valence-electron chi connectivity index (χ3n) is 4.87. The molecule has 1 aromatic heterocycles. The summed E-state index contributed by atoms with van der Waals surface area (Å²) in [5.74, 6) is 0.561. The average molecular weight is 304 g/mol. The van der Waals surface area contributed by atoms with Crippen LogP contribution in [0.25, 0.3) is 22.0 Å². The topological polar surface area (TPSA) is 3.88 Å². The second-order valence-electron chi connectivity index (χ2n) is 7.07. The Hall–Kier alpha value is -2.15. The van der Waals surface area contributed by atoms with Crippen molar-refractivity contribution in [3.05, 3.63) is 64.8 Å². The van der Waals surface area contributed by atoms with E-state index in [1.807, 2.05) is 0 Å². The maximum absolute atomic E-state index is 2.32. The summed E-state index contributed by atoms with van der Waals surface area (Å²) in [5.41, 5.74) is 8.05. The molecular weight excluding hydrogens is 278 g/mol. The maximum Gasteiger partial charge on any atom is 0.213 e. The predicted molar refractivity (Wildman–Crippen MR) is 98.9 cm³/mol. The number of pyridine rings is 1. The van der Waals surface area contributed by atoms with Crippen LogP contribution in [0.2, 0.25) is 0 Å². The third kappa shape index (κ3) is 2.88. The predicted octanol–water partition coefficient (Wildman–Crippen LogP) is 5.38. The fourth-order valence-corrected chi connectivity index (χ4v) is 3.30. The number of nitrogens with zero attached hydrogens (tertiary/aromatic N) is 1. The minimum absolute atomic E-state index is 0.561. The first kappa shape index (κ1) is 15.7. The van der Waals surface area contributed by atoms with E-state index in [0.717, 1.165) is 0 Å². The molecule has 0 atom stereocenters. The van der Waals surface area contributed by atoms with Crippen molar-refractivity contribution in [1.82, 2.24) is 0 Å². The van der Waals surface area contributed by atoms with Gasteiger partial charge in [0.15, 0.2) is 6.20 Å². The molecule has 1 nitrogen and oxygen atoms in total. The molecule has 0 N–H and O–H groups in total. The zero-order valence-corrected chi connectivity index (χ0v) is 15.1. The van der Waals surface area contributed by atoms with Crippen molar-refractivity contribution in [2.45, 2.75) is 40.5 Å². The highest BCUT2D eigenvalue weighted by Crippen LogP contribution is 2.28. The molecule has 0 fully saturated rings. The Morgan fingerprint density at radius 3 is 2.30 bits per heavy atom. The van der Waals surface area contributed by atoms with Crippen molar-refractivity contribution in [2.24, 2.45) is 7.05 Å². The summed E-state index contributed by atoms with van der Waals surface area (Å²) in [6, 6.07) is 13.7. The smallest absolute Gasteiger partial charge is 0.200 e. The second-order valence-corrected chi connectivity index (χ2v) is 7.07. The van der Waals surface area contributed by atoms with Gasteiger partial charge in [-0.15, -0.1) is 0 Å². The lowest BCUT2D eigenvalue weighted by Crippen LogP contribution is -2.30. The van der Waals surface area contributed by atoms with Gasteiger partial charge in [0.1, 0.15) is 7.05 Å². The zero-order chi connectivity index (χ0) is 16.7. The molecule has 0 unspecified atom stereocenters. The Bertz CT molecular complexity index is 888. The van der Waals surface area contributed by atoms with Crippen molar-refractivity contribution >= 4 is 10.8 Å². The molecule has 0 amide bonds. The van der Waals surface area contributed by atoms with Crippen molar-refractivity contribution in [2.75, 3.05) is 0 Å². The first-order valence-corrected chi connectivity index (χ1v) is 8.38. The molecule has 2 aromatic carbocycles. The Morgan fingerprint density at radius 2 is 1.61 bits per heavy atom. The van der Waals surface area contributed by atoms with E-state index in [-0.39, 0.29) is 0 Å². The van der Waals surface area contributed by atoms with Crippen molar-refractivity contribution in [3.63, 3.8) is 0 Å². The van der Waals surface area contributed by atoms with Crippen LogP contribution in [0, 0.1) is 20.8 Å². The summed E-state index contributed by atoms with van der Waals surface area (Å²) in [6.07, 6.45) is 2.26. The van der Waals surface area contributed by atoms with Crippen molar-refractivity contribution < 1.29 is 4.57 Å². The van der Waals surface area contributed by atoms with E-state index in [0.29, 0.717) is 5.92 Å². The Labute approximate surface area is 139 Å². The van der Waals surface area contributed by atoms with Crippen LogP contribution in [0.15, 0.2) is 42.6 Å². The van der Waals surface area contributed by atoms with Crippen LogP contribution in [-0.2, 0) is 7.05 Å². The largest absolute Gasteiger partial charge is 0.213 e. The quantitative estimate of drug-likeness (QED) is 0.560. The molecular formula is C22H26N+. The van der Waals surface area contributed by atoms with E-state index in [9.17, 15) is 0 Å². The van der Waals surface area contributed by atoms with Crippen LogP contribution in [0.1, 0.15) is 42.0 Å². The Balaban J connectivity index is 2.24. The molecule has 1 heterocycles. The first-order chi connectivity index (χ1) is 10.9. The number of fused-ring (bicyclic) bond motifs is 1. The van der Waals surface area contributed by atoms with E-state index >= 15 is 0 Å². The number of rotatable bonds is 2. The summed E-state index contributed by atoms with van der Waals surface area (Å²) < 4.78 is 2.26. The van der Waals surface area contributed by atoms with Gasteiger partial charge < -0.3 is 0 Å². The van der Waals surface area contributed by atoms with Gasteiger partial charge in [0.25, 0.3) is 0 Å². The van der Waals surface area contributed by atoms with Gasteiger partial charge in [-0.1, -0.05) is 37.6 Å². The van der Waals surface area contributed by atoms with Gasteiger partial charge in [0.2, 0.25) is 5.69 Å². The number of benzene rings is 2. The van der Waals surface area contributed by atoms with Gasteiger partial charge >= 0.3 is 0 Å². The van der Waals surface area contributed by atoms with Gasteiger partial charge in [0, 0.05) is 17.0 Å². The average Bonchev–Trinajstić information content (AvgIpc) is 2.49. The number of hydrogen-bond donors (Lipinski definition) is 0. The van der Waals surface area contributed by atoms with Gasteiger partial charge in [0.05, 0.1) is 0 Å². The molecule has 3 rings (SSSR count). The lowest BCUT2D eigenvalue weighted by molar-refractivity contribution is -0.659. The van der Waals surface area contributed by atoms with Crippen molar-refractivity contribution in [3.8, 4) is 11.3 Å². The molecule has 23 heavy (non-hydrogen) atoms. The van der Waals surface area contributed by atoms with E-state index in [1.54, 1.807) is 0 Å². The number of aryl methyl sites for hydroxylation is 3. The fraction of sp³-hybridized carbons (Fsp3) is 0.318. The number of aromatic nitrogens is 1. The molecule has 3 aromatic rings. The summed E-state index contributed by atoms with van der Waals surface area (Å²) >= 11 is 0. The minimum atomic E-state index is 0.561. The van der Waals surface area contributed by atoms with E-state index in [1.165, 1.54) is 44.3 Å². The Morgan fingerprint density at radius 1 is 0.870 bits per heavy atom. The third-order valence-corrected chi connectivity index (χ3v) is 4.87. The van der Waals surface area contributed by atoms with E-state index < -0.39 is 0 Å². The molecule has 1 heteroatoms. The summed E-state index contributed by atoms with van der Waals surface area (Å²) in [6.45, 7) is 11.1. The number of hydrogen-bond acceptors (Lipinski definition) is 0. The molecule has 0 radical (unpaired) electrons. The second kappa shape index (κ2) is 5.81. The van der Waals surface area contributed by atoms with Crippen LogP contribution < -0.4 is 4.57 Å². The van der Waals surface area contributed by atoms with Crippen LogP contribution in [0.4, 0.5) is 0 Å². The molecule has 0 aliphatic carbocycles. The van der Waals surface area contributed by atoms with Gasteiger partial charge in [-0.25, -0.2) is 4.57 Å². The van der Waals surface area contributed by atoms with E-state index in [4.69, 9.17) is 0 Å². The zero-order valence-electron chi connectivity index (χ0n) is 15.1. The molecule has 0 bridgehead atoms. The van der Waals surface area contributed by atoms with Gasteiger partial charge in [-0.05, 0) is 60.9 Å². The molecule has 0 spiro atoms. The fourth-order valence-electron chi connectivity index (χ4n) is 3.30. The first-order valence-electron chi connectivity index (χ1n) is 8.38. The molecule has 0 saturated heterocycles. The molecule has 118 valence electrons. The lowest BCUT2D eigenvalue weighted by atomic mass is 9.95. The summed E-state index contributed by atoms with van der Waals surface area (Å²) in [4.78, 5) is 0. The normalized spacial score (nSPS) is 11.4. The highest BCUT2D eigenvalue weighted by molar-refractivity contribution is 5.85. The molecule has 0 aliphatic rings. The SMILES string of the molecule is Cc1cc(C)c(C)c(-c2cc3ccc(C(C)C)cc3c[n+]2C)c1. The highest BCUT2D eigenvalue weighted by Gasteiger charge is 2.16. The van der Waals surface area contributed by atoms with Crippen LogP contribution in [-0.4, -0.2) is 0 Å². The van der Waals surface area contributed by atoms with Crippen molar-refractivity contribution in [1.29, 1.82) is 0 Å². The molecule has 0 aliphatic heterocycles. The van der Waals surface area contributed by atoms with E-state index in [2.05, 4.69) is 88.8 Å². The maximum atomic E-state index is 2.32. The van der Waals surface area contributed by atoms with Crippen LogP contribution in [0.5, 0.6) is 0 Å². The summed E-state index contributed by atoms with van der Waals surface area (Å²) in [7, 11) is 2.15. The Kier molecular flexibility index (Phi) is 3.97. The molecule has 0 saturated carbocycles.